The number of nitrogens with one attached hydrogen (secondary N) is 1. The number of hydrogen-bond acceptors (Lipinski definition) is 4. The third-order valence-electron chi connectivity index (χ3n) is 3.49. The summed E-state index contributed by atoms with van der Waals surface area (Å²) < 4.78 is 29.4. The number of aryl methyl sites for hydroxylation is 1. The summed E-state index contributed by atoms with van der Waals surface area (Å²) in [6, 6.07) is 7.59. The maximum absolute atomic E-state index is 11.8. The Bertz CT molecular complexity index is 703. The lowest BCUT2D eigenvalue weighted by Crippen LogP contribution is -2.29. The summed E-state index contributed by atoms with van der Waals surface area (Å²) in [5.41, 5.74) is 1.81. The minimum atomic E-state index is -3.08. The molecular formula is C16H23NO3S. The second-order valence-electron chi connectivity index (χ2n) is 5.39. The number of hydrogen-bond donors (Lipinski definition) is 1. The molecule has 0 saturated heterocycles. The van der Waals surface area contributed by atoms with Crippen LogP contribution in [0.3, 0.4) is 0 Å². The lowest BCUT2D eigenvalue weighted by atomic mass is 10.0. The van der Waals surface area contributed by atoms with Crippen LogP contribution in [-0.4, -0.2) is 27.0 Å². The molecule has 21 heavy (non-hydrogen) atoms. The summed E-state index contributed by atoms with van der Waals surface area (Å²) in [4.78, 5) is 0. The Hall–Kier alpha value is -1.33. The molecule has 0 fully saturated rings. The van der Waals surface area contributed by atoms with Crippen molar-refractivity contribution in [2.45, 2.75) is 32.7 Å². The van der Waals surface area contributed by atoms with E-state index in [2.05, 4.69) is 12.2 Å². The zero-order chi connectivity index (χ0) is 15.5. The predicted molar refractivity (Wildman–Crippen MR) is 86.3 cm³/mol. The molecule has 1 unspecified atom stereocenters. The highest BCUT2D eigenvalue weighted by molar-refractivity contribution is 7.90. The highest BCUT2D eigenvalue weighted by Gasteiger charge is 2.24. The standard InChI is InChI=1S/C16H23NO3S/c1-4-10-17-13(11-21(3,18)19)16-12-8-6-7-9-15(12)20-14(16)5-2/h6-9,13,17H,4-5,10-11H2,1-3H3. The summed E-state index contributed by atoms with van der Waals surface area (Å²) in [6.07, 6.45) is 2.98. The molecule has 0 aliphatic heterocycles. The van der Waals surface area contributed by atoms with E-state index in [0.29, 0.717) is 0 Å². The summed E-state index contributed by atoms with van der Waals surface area (Å²) in [6.45, 7) is 4.88. The molecular weight excluding hydrogens is 286 g/mol. The van der Waals surface area contributed by atoms with Gasteiger partial charge in [0.25, 0.3) is 0 Å². The SMILES string of the molecule is CCCNC(CS(C)(=O)=O)c1c(CC)oc2ccccc12. The summed E-state index contributed by atoms with van der Waals surface area (Å²) >= 11 is 0. The Balaban J connectivity index is 2.51. The molecule has 0 spiro atoms. The van der Waals surface area contributed by atoms with Crippen LogP contribution in [0.5, 0.6) is 0 Å². The average Bonchev–Trinajstić information content (AvgIpc) is 2.80. The molecule has 0 saturated carbocycles. The van der Waals surface area contributed by atoms with E-state index >= 15 is 0 Å². The first-order valence-corrected chi connectivity index (χ1v) is 9.43. The monoisotopic (exact) mass is 309 g/mol. The molecule has 0 aliphatic carbocycles. The van der Waals surface area contributed by atoms with Gasteiger partial charge in [-0.3, -0.25) is 0 Å². The van der Waals surface area contributed by atoms with Crippen molar-refractivity contribution in [3.63, 3.8) is 0 Å². The highest BCUT2D eigenvalue weighted by atomic mass is 32.2. The Labute approximate surface area is 126 Å². The molecule has 0 amide bonds. The van der Waals surface area contributed by atoms with E-state index in [-0.39, 0.29) is 11.8 Å². The van der Waals surface area contributed by atoms with Crippen LogP contribution in [0.15, 0.2) is 28.7 Å². The lowest BCUT2D eigenvalue weighted by Gasteiger charge is -2.18. The minimum Gasteiger partial charge on any atom is -0.461 e. The predicted octanol–water partition coefficient (Wildman–Crippen LogP) is 3.08. The molecule has 0 bridgehead atoms. The van der Waals surface area contributed by atoms with Gasteiger partial charge in [0, 0.05) is 23.6 Å². The van der Waals surface area contributed by atoms with Crippen LogP contribution in [0.25, 0.3) is 11.0 Å². The Morgan fingerprint density at radius 2 is 1.95 bits per heavy atom. The van der Waals surface area contributed by atoms with Crippen LogP contribution in [0.1, 0.15) is 37.6 Å². The van der Waals surface area contributed by atoms with Crippen molar-refractivity contribution in [1.82, 2.24) is 5.32 Å². The molecule has 1 aromatic heterocycles. The van der Waals surface area contributed by atoms with Crippen molar-refractivity contribution in [3.8, 4) is 0 Å². The fourth-order valence-corrected chi connectivity index (χ4v) is 3.52. The van der Waals surface area contributed by atoms with E-state index in [1.54, 1.807) is 0 Å². The zero-order valence-corrected chi connectivity index (χ0v) is 13.7. The molecule has 0 radical (unpaired) electrons. The van der Waals surface area contributed by atoms with Gasteiger partial charge in [-0.2, -0.15) is 0 Å². The Morgan fingerprint density at radius 1 is 1.24 bits per heavy atom. The van der Waals surface area contributed by atoms with E-state index in [1.807, 2.05) is 31.2 Å². The van der Waals surface area contributed by atoms with Crippen LogP contribution in [-0.2, 0) is 16.3 Å². The van der Waals surface area contributed by atoms with Crippen molar-refractivity contribution in [1.29, 1.82) is 0 Å². The zero-order valence-electron chi connectivity index (χ0n) is 12.8. The summed E-state index contributed by atoms with van der Waals surface area (Å²) in [5, 5.41) is 4.36. The van der Waals surface area contributed by atoms with Crippen LogP contribution < -0.4 is 5.32 Å². The van der Waals surface area contributed by atoms with Crippen molar-refractivity contribution in [3.05, 3.63) is 35.6 Å². The molecule has 1 atom stereocenters. The minimum absolute atomic E-state index is 0.0868. The largest absolute Gasteiger partial charge is 0.461 e. The van der Waals surface area contributed by atoms with Crippen LogP contribution in [0.4, 0.5) is 0 Å². The van der Waals surface area contributed by atoms with Gasteiger partial charge in [0.05, 0.1) is 11.8 Å². The fraction of sp³-hybridized carbons (Fsp3) is 0.500. The van der Waals surface area contributed by atoms with Gasteiger partial charge in [-0.05, 0) is 19.0 Å². The first kappa shape index (κ1) is 16.0. The van der Waals surface area contributed by atoms with E-state index in [0.717, 1.165) is 41.7 Å². The molecule has 2 rings (SSSR count). The first-order valence-electron chi connectivity index (χ1n) is 7.37. The van der Waals surface area contributed by atoms with Gasteiger partial charge in [-0.25, -0.2) is 8.42 Å². The van der Waals surface area contributed by atoms with E-state index in [9.17, 15) is 8.42 Å². The number of fused-ring (bicyclic) bond motifs is 1. The molecule has 4 nitrogen and oxygen atoms in total. The number of para-hydroxylation sites is 1. The lowest BCUT2D eigenvalue weighted by molar-refractivity contribution is 0.514. The number of sulfone groups is 1. The third kappa shape index (κ3) is 3.86. The maximum Gasteiger partial charge on any atom is 0.149 e. The second kappa shape index (κ2) is 6.62. The van der Waals surface area contributed by atoms with E-state index < -0.39 is 9.84 Å². The van der Waals surface area contributed by atoms with Gasteiger partial charge in [0.2, 0.25) is 0 Å². The molecule has 2 aromatic rings. The Kier molecular flexibility index (Phi) is 5.06. The van der Waals surface area contributed by atoms with Crippen molar-refractivity contribution >= 4 is 20.8 Å². The van der Waals surface area contributed by atoms with E-state index in [1.165, 1.54) is 6.26 Å². The summed E-state index contributed by atoms with van der Waals surface area (Å²) in [5.74, 6) is 0.956. The van der Waals surface area contributed by atoms with Gasteiger partial charge in [0.1, 0.15) is 21.2 Å². The summed E-state index contributed by atoms with van der Waals surface area (Å²) in [7, 11) is -3.08. The molecule has 1 heterocycles. The van der Waals surface area contributed by atoms with Crippen molar-refractivity contribution < 1.29 is 12.8 Å². The smallest absolute Gasteiger partial charge is 0.149 e. The molecule has 1 N–H and O–H groups in total. The molecule has 116 valence electrons. The van der Waals surface area contributed by atoms with Gasteiger partial charge in [-0.1, -0.05) is 32.0 Å². The normalized spacial score (nSPS) is 13.7. The Morgan fingerprint density at radius 3 is 2.57 bits per heavy atom. The quantitative estimate of drug-likeness (QED) is 0.854. The number of furan rings is 1. The highest BCUT2D eigenvalue weighted by Crippen LogP contribution is 2.32. The van der Waals surface area contributed by atoms with Gasteiger partial charge >= 0.3 is 0 Å². The van der Waals surface area contributed by atoms with Gasteiger partial charge in [-0.15, -0.1) is 0 Å². The molecule has 5 heteroatoms. The maximum atomic E-state index is 11.8. The third-order valence-corrected chi connectivity index (χ3v) is 4.43. The fourth-order valence-electron chi connectivity index (χ4n) is 2.63. The topological polar surface area (TPSA) is 59.3 Å². The van der Waals surface area contributed by atoms with Crippen molar-refractivity contribution in [2.24, 2.45) is 0 Å². The van der Waals surface area contributed by atoms with Crippen molar-refractivity contribution in [2.75, 3.05) is 18.6 Å². The molecule has 1 aromatic carbocycles. The number of benzene rings is 1. The van der Waals surface area contributed by atoms with Gasteiger partial charge < -0.3 is 9.73 Å². The second-order valence-corrected chi connectivity index (χ2v) is 7.57. The van der Waals surface area contributed by atoms with Crippen LogP contribution >= 0.6 is 0 Å². The molecule has 0 aliphatic rings. The van der Waals surface area contributed by atoms with Crippen LogP contribution in [0.2, 0.25) is 0 Å². The van der Waals surface area contributed by atoms with E-state index in [4.69, 9.17) is 4.42 Å². The average molecular weight is 309 g/mol. The number of rotatable bonds is 7. The first-order chi connectivity index (χ1) is 9.96. The van der Waals surface area contributed by atoms with Gasteiger partial charge in [0.15, 0.2) is 0 Å². The van der Waals surface area contributed by atoms with Crippen LogP contribution in [0, 0.1) is 0 Å².